The van der Waals surface area contributed by atoms with Gasteiger partial charge >= 0.3 is 0 Å². The molecule has 0 aromatic heterocycles. The molecule has 0 bridgehead atoms. The number of methoxy groups -OCH3 is 1. The normalized spacial score (nSPS) is 18.2. The van der Waals surface area contributed by atoms with E-state index in [9.17, 15) is 14.3 Å². The topological polar surface area (TPSA) is 71.1 Å². The van der Waals surface area contributed by atoms with Gasteiger partial charge in [0.25, 0.3) is 0 Å². The van der Waals surface area contributed by atoms with E-state index in [1.165, 1.54) is 17.0 Å². The third-order valence-corrected chi connectivity index (χ3v) is 6.23. The monoisotopic (exact) mass is 466 g/mol. The molecule has 0 spiro atoms. The lowest BCUT2D eigenvalue weighted by molar-refractivity contribution is -0.268. The zero-order chi connectivity index (χ0) is 23.9. The zero-order valence-electron chi connectivity index (χ0n) is 19.2. The molecular weight excluding hydrogens is 437 g/mol. The molecule has 7 heteroatoms. The number of carbonyl (C=O) groups excluding carboxylic acids is 1. The number of fused-ring (bicyclic) bond motifs is 1. The van der Waals surface area contributed by atoms with Gasteiger partial charge in [-0.05, 0) is 47.2 Å². The first-order valence-electron chi connectivity index (χ1n) is 11.5. The fourth-order valence-electron chi connectivity index (χ4n) is 4.45. The van der Waals surface area contributed by atoms with Crippen LogP contribution in [0.3, 0.4) is 0 Å². The van der Waals surface area contributed by atoms with E-state index < -0.39 is 6.09 Å². The van der Waals surface area contributed by atoms with Crippen LogP contribution in [0, 0.1) is 5.82 Å². The second-order valence-electron chi connectivity index (χ2n) is 8.51. The Labute approximate surface area is 198 Å². The van der Waals surface area contributed by atoms with E-state index in [1.54, 1.807) is 19.2 Å². The van der Waals surface area contributed by atoms with Gasteiger partial charge < -0.3 is 29.0 Å². The Morgan fingerprint density at radius 2 is 1.94 bits per heavy atom. The molecule has 1 heterocycles. The van der Waals surface area contributed by atoms with Gasteiger partial charge in [0.15, 0.2) is 0 Å². The van der Waals surface area contributed by atoms with Crippen LogP contribution >= 0.6 is 0 Å². The van der Waals surface area contributed by atoms with Crippen LogP contribution in [0.2, 0.25) is 0 Å². The number of hydrogen-bond acceptors (Lipinski definition) is 5. The molecular formula is C27H29FNO5-. The molecule has 0 radical (unpaired) electrons. The number of nitrogens with zero attached hydrogens (tertiary/aromatic N) is 1. The van der Waals surface area contributed by atoms with Gasteiger partial charge in [-0.15, -0.1) is 0 Å². The molecule has 1 aliphatic rings. The summed E-state index contributed by atoms with van der Waals surface area (Å²) in [6, 6.07) is 18.4. The number of hydrogen-bond donors (Lipinski definition) is 0. The van der Waals surface area contributed by atoms with E-state index in [1.807, 2.05) is 30.3 Å². The highest BCUT2D eigenvalue weighted by Crippen LogP contribution is 2.32. The van der Waals surface area contributed by atoms with Gasteiger partial charge in [-0.25, -0.2) is 4.39 Å². The van der Waals surface area contributed by atoms with Crippen molar-refractivity contribution in [2.24, 2.45) is 0 Å². The first kappa shape index (κ1) is 24.0. The summed E-state index contributed by atoms with van der Waals surface area (Å²) in [6.45, 7) is 2.16. The molecule has 3 aromatic carbocycles. The van der Waals surface area contributed by atoms with Crippen LogP contribution in [-0.4, -0.2) is 50.5 Å². The number of likely N-dealkylation sites (tertiary alicyclic amines) is 1. The molecule has 3 aromatic rings. The highest BCUT2D eigenvalue weighted by Gasteiger charge is 2.31. The maximum atomic E-state index is 13.4. The Hall–Kier alpha value is -3.16. The lowest BCUT2D eigenvalue weighted by Gasteiger charge is -2.40. The van der Waals surface area contributed by atoms with Crippen molar-refractivity contribution >= 4 is 16.9 Å². The maximum Gasteiger partial charge on any atom is 0.137 e. The Morgan fingerprint density at radius 3 is 2.71 bits per heavy atom. The molecule has 1 saturated heterocycles. The van der Waals surface area contributed by atoms with Crippen LogP contribution in [0.25, 0.3) is 10.8 Å². The van der Waals surface area contributed by atoms with Crippen molar-refractivity contribution in [3.05, 3.63) is 77.6 Å². The number of amides is 1. The van der Waals surface area contributed by atoms with E-state index in [4.69, 9.17) is 14.2 Å². The van der Waals surface area contributed by atoms with Gasteiger partial charge in [-0.3, -0.25) is 0 Å². The van der Waals surface area contributed by atoms with E-state index in [-0.39, 0.29) is 24.4 Å². The molecule has 1 aliphatic heterocycles. The molecule has 0 N–H and O–H groups in total. The number of ether oxygens (including phenoxy) is 3. The van der Waals surface area contributed by atoms with E-state index in [2.05, 4.69) is 6.07 Å². The second-order valence-corrected chi connectivity index (χ2v) is 8.51. The van der Waals surface area contributed by atoms with Gasteiger partial charge in [0, 0.05) is 44.5 Å². The van der Waals surface area contributed by atoms with Crippen molar-refractivity contribution in [1.82, 2.24) is 4.90 Å². The number of rotatable bonds is 9. The lowest BCUT2D eigenvalue weighted by Crippen LogP contribution is -2.51. The first-order valence-corrected chi connectivity index (χ1v) is 11.5. The van der Waals surface area contributed by atoms with Gasteiger partial charge in [0.05, 0.1) is 19.3 Å². The average molecular weight is 467 g/mol. The summed E-state index contributed by atoms with van der Waals surface area (Å²) >= 11 is 0. The van der Waals surface area contributed by atoms with E-state index in [0.29, 0.717) is 32.8 Å². The Balaban J connectivity index is 1.47. The van der Waals surface area contributed by atoms with Crippen LogP contribution < -0.4 is 9.84 Å². The number of piperidine rings is 1. The van der Waals surface area contributed by atoms with E-state index in [0.717, 1.165) is 34.1 Å². The highest BCUT2D eigenvalue weighted by molar-refractivity contribution is 5.88. The molecule has 6 nitrogen and oxygen atoms in total. The number of carboxylic acid groups (broad SMARTS) is 1. The molecule has 4 rings (SSSR count). The van der Waals surface area contributed by atoms with Crippen molar-refractivity contribution in [2.75, 3.05) is 33.4 Å². The molecule has 2 atom stereocenters. The summed E-state index contributed by atoms with van der Waals surface area (Å²) in [5.74, 6) is 0.504. The predicted molar refractivity (Wildman–Crippen MR) is 125 cm³/mol. The Bertz CT molecular complexity index is 1100. The fourth-order valence-corrected chi connectivity index (χ4v) is 4.45. The van der Waals surface area contributed by atoms with Crippen LogP contribution in [0.5, 0.6) is 5.75 Å². The Kier molecular flexibility index (Phi) is 7.98. The molecule has 0 aliphatic carbocycles. The molecule has 180 valence electrons. The maximum absolute atomic E-state index is 13.4. The molecule has 1 amide bonds. The van der Waals surface area contributed by atoms with Crippen LogP contribution in [0.4, 0.5) is 9.18 Å². The first-order chi connectivity index (χ1) is 16.5. The SMILES string of the molecule is COCCCOc1cccc2cc(COC3CN(C(=O)[O-])CCC3c3ccc(F)cc3)ccc12. The second kappa shape index (κ2) is 11.3. The van der Waals surface area contributed by atoms with Gasteiger partial charge in [-0.2, -0.15) is 0 Å². The van der Waals surface area contributed by atoms with Crippen LogP contribution in [0.1, 0.15) is 29.9 Å². The van der Waals surface area contributed by atoms with Crippen molar-refractivity contribution in [1.29, 1.82) is 0 Å². The van der Waals surface area contributed by atoms with Gasteiger partial charge in [-0.1, -0.05) is 36.4 Å². The van der Waals surface area contributed by atoms with Crippen molar-refractivity contribution in [2.45, 2.75) is 31.5 Å². The van der Waals surface area contributed by atoms with Gasteiger partial charge in [0.1, 0.15) is 17.7 Å². The van der Waals surface area contributed by atoms with Crippen molar-refractivity contribution in [3.8, 4) is 5.75 Å². The van der Waals surface area contributed by atoms with Crippen LogP contribution in [-0.2, 0) is 16.1 Å². The van der Waals surface area contributed by atoms with Crippen LogP contribution in [0.15, 0.2) is 60.7 Å². The number of halogens is 1. The standard InChI is InChI=1S/C27H30FNO5/c1-32-14-3-15-33-25-5-2-4-21-16-19(6-11-23(21)25)18-34-26-17-29(27(30)31)13-12-24(26)20-7-9-22(28)10-8-20/h2,4-11,16,24,26H,3,12-15,17-18H2,1H3,(H,30,31)/p-1. The average Bonchev–Trinajstić information content (AvgIpc) is 2.85. The fraction of sp³-hybridized carbons (Fsp3) is 0.370. The van der Waals surface area contributed by atoms with E-state index >= 15 is 0 Å². The summed E-state index contributed by atoms with van der Waals surface area (Å²) in [7, 11) is 1.67. The molecule has 34 heavy (non-hydrogen) atoms. The summed E-state index contributed by atoms with van der Waals surface area (Å²) in [5, 5.41) is 13.5. The summed E-state index contributed by atoms with van der Waals surface area (Å²) in [6.07, 6.45) is -0.150. The predicted octanol–water partition coefficient (Wildman–Crippen LogP) is 4.11. The molecule has 1 fully saturated rings. The van der Waals surface area contributed by atoms with Gasteiger partial charge in [0.2, 0.25) is 0 Å². The molecule has 0 saturated carbocycles. The minimum atomic E-state index is -1.20. The van der Waals surface area contributed by atoms with Crippen molar-refractivity contribution in [3.63, 3.8) is 0 Å². The Morgan fingerprint density at radius 1 is 1.12 bits per heavy atom. The smallest absolute Gasteiger partial charge is 0.137 e. The zero-order valence-corrected chi connectivity index (χ0v) is 19.2. The highest BCUT2D eigenvalue weighted by atomic mass is 19.1. The summed E-state index contributed by atoms with van der Waals surface area (Å²) < 4.78 is 30.6. The number of benzene rings is 3. The molecule has 2 unspecified atom stereocenters. The lowest BCUT2D eigenvalue weighted by atomic mass is 9.87. The third kappa shape index (κ3) is 5.85. The summed E-state index contributed by atoms with van der Waals surface area (Å²) in [4.78, 5) is 12.7. The largest absolute Gasteiger partial charge is 0.530 e. The quantitative estimate of drug-likeness (QED) is 0.444. The summed E-state index contributed by atoms with van der Waals surface area (Å²) in [5.41, 5.74) is 1.92. The minimum Gasteiger partial charge on any atom is -0.530 e. The third-order valence-electron chi connectivity index (χ3n) is 6.23. The van der Waals surface area contributed by atoms with Crippen molar-refractivity contribution < 1.29 is 28.5 Å². The minimum absolute atomic E-state index is 0.0243. The number of carbonyl (C=O) groups is 1.